The number of nitrogens with one attached hydrogen (secondary N) is 1. The Labute approximate surface area is 175 Å². The number of hydrogen-bond acceptors (Lipinski definition) is 4. The van der Waals surface area contributed by atoms with E-state index in [1.54, 1.807) is 31.4 Å². The number of nitrogens with zero attached hydrogens (tertiary/aromatic N) is 2. The minimum atomic E-state index is -0.308. The van der Waals surface area contributed by atoms with Crippen molar-refractivity contribution in [1.82, 2.24) is 9.80 Å². The highest BCUT2D eigenvalue weighted by Gasteiger charge is 2.35. The number of piperazine rings is 1. The van der Waals surface area contributed by atoms with E-state index >= 15 is 0 Å². The summed E-state index contributed by atoms with van der Waals surface area (Å²) in [5.74, 6) is 0.228. The van der Waals surface area contributed by atoms with Gasteiger partial charge in [-0.25, -0.2) is 0 Å². The molecule has 1 fully saturated rings. The zero-order valence-electron chi connectivity index (χ0n) is 17.1. The van der Waals surface area contributed by atoms with Crippen molar-refractivity contribution >= 4 is 17.7 Å². The average Bonchev–Trinajstić information content (AvgIpc) is 3.03. The summed E-state index contributed by atoms with van der Waals surface area (Å²) in [4.78, 5) is 41.9. The lowest BCUT2D eigenvalue weighted by molar-refractivity contribution is -0.917. The highest BCUT2D eigenvalue weighted by Crippen LogP contribution is 2.22. The van der Waals surface area contributed by atoms with Gasteiger partial charge < -0.3 is 14.5 Å². The Balaban J connectivity index is 1.25. The molecule has 0 aromatic heterocycles. The monoisotopic (exact) mass is 408 g/mol. The van der Waals surface area contributed by atoms with Crippen molar-refractivity contribution in [2.24, 2.45) is 0 Å². The lowest BCUT2D eigenvalue weighted by Crippen LogP contribution is -3.13. The van der Waals surface area contributed by atoms with Crippen LogP contribution in [0.1, 0.15) is 32.7 Å². The molecule has 0 aliphatic carbocycles. The molecule has 7 heteroatoms. The second-order valence-electron chi connectivity index (χ2n) is 7.71. The maximum Gasteiger partial charge on any atom is 0.261 e. The van der Waals surface area contributed by atoms with Gasteiger partial charge in [-0.3, -0.25) is 19.3 Å². The number of carbonyl (C=O) groups is 3. The van der Waals surface area contributed by atoms with Crippen LogP contribution in [0.5, 0.6) is 5.75 Å². The molecule has 2 aliphatic rings. The number of methoxy groups -OCH3 is 1. The zero-order valence-corrected chi connectivity index (χ0v) is 17.1. The zero-order chi connectivity index (χ0) is 21.1. The van der Waals surface area contributed by atoms with Crippen molar-refractivity contribution in [2.75, 3.05) is 39.8 Å². The van der Waals surface area contributed by atoms with Crippen LogP contribution in [-0.4, -0.2) is 67.4 Å². The number of benzene rings is 2. The highest BCUT2D eigenvalue weighted by molar-refractivity contribution is 6.21. The number of imide groups is 1. The predicted octanol–water partition coefficient (Wildman–Crippen LogP) is 0.609. The van der Waals surface area contributed by atoms with Crippen LogP contribution in [0, 0.1) is 0 Å². The molecule has 0 unspecified atom stereocenters. The van der Waals surface area contributed by atoms with E-state index in [4.69, 9.17) is 4.74 Å². The number of quaternary nitrogens is 1. The lowest BCUT2D eigenvalue weighted by Gasteiger charge is -2.32. The fourth-order valence-corrected chi connectivity index (χ4v) is 4.09. The fourth-order valence-electron chi connectivity index (χ4n) is 4.09. The molecule has 0 bridgehead atoms. The Kier molecular flexibility index (Phi) is 5.81. The van der Waals surface area contributed by atoms with E-state index in [1.807, 2.05) is 17.0 Å². The Hall–Kier alpha value is -3.19. The second-order valence-corrected chi connectivity index (χ2v) is 7.71. The van der Waals surface area contributed by atoms with E-state index in [0.717, 1.165) is 25.4 Å². The first kappa shape index (κ1) is 20.1. The number of fused-ring (bicyclic) bond motifs is 1. The molecule has 3 amide bonds. The Morgan fingerprint density at radius 1 is 0.967 bits per heavy atom. The molecule has 30 heavy (non-hydrogen) atoms. The summed E-state index contributed by atoms with van der Waals surface area (Å²) in [6, 6.07) is 14.9. The standard InChI is InChI=1S/C23H25N3O4/c1-30-18-8-6-17(7-9-18)16-24-12-14-25(15-13-24)21(27)10-11-26-22(28)19-4-2-3-5-20(19)23(26)29/h2-9H,10-16H2,1H3/p+1. The quantitative estimate of drug-likeness (QED) is 0.711. The van der Waals surface area contributed by atoms with Gasteiger partial charge >= 0.3 is 0 Å². The van der Waals surface area contributed by atoms with Gasteiger partial charge in [-0.1, -0.05) is 12.1 Å². The fraction of sp³-hybridized carbons (Fsp3) is 0.348. The van der Waals surface area contributed by atoms with Gasteiger partial charge in [0.2, 0.25) is 5.91 Å². The van der Waals surface area contributed by atoms with E-state index in [-0.39, 0.29) is 30.7 Å². The number of ether oxygens (including phenoxy) is 1. The second kappa shape index (κ2) is 8.67. The minimum absolute atomic E-state index is 0.00458. The third kappa shape index (κ3) is 4.07. The van der Waals surface area contributed by atoms with E-state index < -0.39 is 0 Å². The summed E-state index contributed by atoms with van der Waals surface area (Å²) in [6.07, 6.45) is 0.166. The first-order valence-corrected chi connectivity index (χ1v) is 10.3. The smallest absolute Gasteiger partial charge is 0.261 e. The summed E-state index contributed by atoms with van der Waals surface area (Å²) < 4.78 is 5.19. The normalized spacial score (nSPS) is 16.7. The minimum Gasteiger partial charge on any atom is -0.497 e. The van der Waals surface area contributed by atoms with Crippen LogP contribution in [0.25, 0.3) is 0 Å². The molecule has 1 saturated heterocycles. The van der Waals surface area contributed by atoms with Crippen LogP contribution < -0.4 is 9.64 Å². The highest BCUT2D eigenvalue weighted by atomic mass is 16.5. The maximum absolute atomic E-state index is 12.6. The molecule has 0 spiro atoms. The van der Waals surface area contributed by atoms with Crippen molar-refractivity contribution in [3.8, 4) is 5.75 Å². The molecule has 2 aromatic rings. The number of hydrogen-bond donors (Lipinski definition) is 1. The van der Waals surface area contributed by atoms with Crippen LogP contribution in [0.2, 0.25) is 0 Å². The maximum atomic E-state index is 12.6. The molecule has 0 radical (unpaired) electrons. The number of amides is 3. The van der Waals surface area contributed by atoms with E-state index in [1.165, 1.54) is 15.4 Å². The first-order chi connectivity index (χ1) is 14.6. The summed E-state index contributed by atoms with van der Waals surface area (Å²) in [5.41, 5.74) is 2.09. The largest absolute Gasteiger partial charge is 0.497 e. The third-order valence-electron chi connectivity index (χ3n) is 5.86. The first-order valence-electron chi connectivity index (χ1n) is 10.3. The molecular formula is C23H26N3O4+. The number of rotatable bonds is 6. The van der Waals surface area contributed by atoms with Crippen LogP contribution >= 0.6 is 0 Å². The van der Waals surface area contributed by atoms with Crippen LogP contribution in [0.4, 0.5) is 0 Å². The molecule has 7 nitrogen and oxygen atoms in total. The van der Waals surface area contributed by atoms with Crippen molar-refractivity contribution in [1.29, 1.82) is 0 Å². The van der Waals surface area contributed by atoms with Gasteiger partial charge in [-0.05, 0) is 36.4 Å². The molecule has 1 N–H and O–H groups in total. The molecule has 0 saturated carbocycles. The van der Waals surface area contributed by atoms with Crippen LogP contribution in [0.3, 0.4) is 0 Å². The van der Waals surface area contributed by atoms with Gasteiger partial charge in [0.15, 0.2) is 0 Å². The molecule has 2 aromatic carbocycles. The lowest BCUT2D eigenvalue weighted by atomic mass is 10.1. The summed E-state index contributed by atoms with van der Waals surface area (Å²) in [7, 11) is 1.66. The predicted molar refractivity (Wildman–Crippen MR) is 110 cm³/mol. The number of carbonyl (C=O) groups excluding carboxylic acids is 3. The molecule has 2 heterocycles. The van der Waals surface area contributed by atoms with Gasteiger partial charge in [-0.15, -0.1) is 0 Å². The molecule has 4 rings (SSSR count). The molecule has 0 atom stereocenters. The summed E-state index contributed by atoms with van der Waals surface area (Å²) in [6.45, 7) is 4.18. The van der Waals surface area contributed by atoms with E-state index in [0.29, 0.717) is 24.2 Å². The van der Waals surface area contributed by atoms with Gasteiger partial charge in [0.25, 0.3) is 11.8 Å². The van der Waals surface area contributed by atoms with Crippen molar-refractivity contribution in [2.45, 2.75) is 13.0 Å². The van der Waals surface area contributed by atoms with Crippen LogP contribution in [0.15, 0.2) is 48.5 Å². The topological polar surface area (TPSA) is 71.4 Å². The Morgan fingerprint density at radius 2 is 1.57 bits per heavy atom. The Morgan fingerprint density at radius 3 is 2.13 bits per heavy atom. The Bertz CT molecular complexity index is 914. The summed E-state index contributed by atoms with van der Waals surface area (Å²) in [5, 5.41) is 0. The molecule has 2 aliphatic heterocycles. The molecule has 156 valence electrons. The average molecular weight is 408 g/mol. The van der Waals surface area contributed by atoms with Gasteiger partial charge in [0, 0.05) is 18.5 Å². The molecular weight excluding hydrogens is 382 g/mol. The van der Waals surface area contributed by atoms with Gasteiger partial charge in [0.05, 0.1) is 44.4 Å². The van der Waals surface area contributed by atoms with Crippen molar-refractivity contribution < 1.29 is 24.0 Å². The van der Waals surface area contributed by atoms with Gasteiger partial charge in [0.1, 0.15) is 12.3 Å². The van der Waals surface area contributed by atoms with E-state index in [9.17, 15) is 14.4 Å². The van der Waals surface area contributed by atoms with E-state index in [2.05, 4.69) is 12.1 Å². The van der Waals surface area contributed by atoms with Crippen LogP contribution in [-0.2, 0) is 11.3 Å². The SMILES string of the molecule is COc1ccc(C[NH+]2CCN(C(=O)CCN3C(=O)c4ccccc4C3=O)CC2)cc1. The third-order valence-corrected chi connectivity index (χ3v) is 5.86. The van der Waals surface area contributed by atoms with Crippen molar-refractivity contribution in [3.05, 3.63) is 65.2 Å². The van der Waals surface area contributed by atoms with Gasteiger partial charge in [-0.2, -0.15) is 0 Å². The summed E-state index contributed by atoms with van der Waals surface area (Å²) >= 11 is 0. The van der Waals surface area contributed by atoms with Crippen molar-refractivity contribution in [3.63, 3.8) is 0 Å².